The normalized spacial score (nSPS) is 14.1. The van der Waals surface area contributed by atoms with Gasteiger partial charge in [-0.3, -0.25) is 38.4 Å². The SMILES string of the molecule is CNCCCC[C@H](NC(=O)[C@@H](Cc1ccc(C(N)=O)cc1)NC(=O)[C@H](Cc1ccc(O)cc1)NC(=O)[C@@H](CSSC[C@H](NC)C(=O)N[C@H](Cc1ccc(O)cc1)C(N)=O)NC(=O)CCc1ccc(Cl)cc1)C(=O)NC(C=O)C(C)O. The maximum atomic E-state index is 14.8. The molecule has 25 heteroatoms. The first-order chi connectivity index (χ1) is 38.2. The maximum absolute atomic E-state index is 14.8. The molecule has 8 atom stereocenters. The van der Waals surface area contributed by atoms with Crippen LogP contribution in [0.25, 0.3) is 0 Å². The lowest BCUT2D eigenvalue weighted by Crippen LogP contribution is -2.60. The minimum atomic E-state index is -1.46. The van der Waals surface area contributed by atoms with Crippen LogP contribution in [0.15, 0.2) is 97.1 Å². The van der Waals surface area contributed by atoms with Crippen molar-refractivity contribution in [2.75, 3.05) is 32.1 Å². The third-order valence-electron chi connectivity index (χ3n) is 12.6. The summed E-state index contributed by atoms with van der Waals surface area (Å²) in [6, 6.07) is 16.0. The van der Waals surface area contributed by atoms with Gasteiger partial charge < -0.3 is 74.1 Å². The predicted molar refractivity (Wildman–Crippen MR) is 306 cm³/mol. The molecule has 0 saturated carbocycles. The molecule has 8 amide bonds. The van der Waals surface area contributed by atoms with Gasteiger partial charge in [0.25, 0.3) is 0 Å². The first-order valence-electron chi connectivity index (χ1n) is 25.7. The second kappa shape index (κ2) is 34.0. The molecule has 0 aliphatic carbocycles. The van der Waals surface area contributed by atoms with Gasteiger partial charge in [0.2, 0.25) is 47.3 Å². The predicted octanol–water partition coefficient (Wildman–Crippen LogP) is 0.844. The molecule has 0 radical (unpaired) electrons. The standard InChI is InChI=1S/C55H71ClN10O12S2/c1-32(68)45(29-67)66-51(74)41(6-4-5-25-59-2)62-52(75)43(27-34-7-16-37(17-8-34)49(57)72)64-53(76)44(28-36-13-22-40(70)23-14-36)65-55(78)47(61-48(71)24-15-33-9-18-38(56)19-10-33)31-80-79-30-46(60-3)54(77)63-42(50(58)73)26-35-11-20-39(69)21-12-35/h7-14,16-23,29,32,41-47,59-60,68-70H,4-6,15,24-28,30-31H2,1-3H3,(H2,57,72)(H2,58,73)(H,61,71)(H,62,75)(H,63,77)(H,64,76)(H,65,78)(H,66,74)/t32?,41-,42+,43+,44-,45?,46-,47+/m0/s1. The summed E-state index contributed by atoms with van der Waals surface area (Å²) in [6.07, 6.45) is 0.148. The fourth-order valence-electron chi connectivity index (χ4n) is 7.84. The number of hydrogen-bond acceptors (Lipinski definition) is 16. The number of nitrogens with one attached hydrogen (secondary N) is 8. The van der Waals surface area contributed by atoms with Crippen molar-refractivity contribution in [3.8, 4) is 11.5 Å². The summed E-state index contributed by atoms with van der Waals surface area (Å²) in [5.74, 6) is -5.87. The number of aliphatic hydroxyl groups excluding tert-OH is 1. The molecule has 4 aromatic carbocycles. The molecule has 0 spiro atoms. The molecule has 0 saturated heterocycles. The molecule has 80 heavy (non-hydrogen) atoms. The van der Waals surface area contributed by atoms with Crippen LogP contribution in [0.2, 0.25) is 5.02 Å². The number of aryl methyl sites for hydroxylation is 1. The Balaban J connectivity index is 1.63. The molecule has 4 rings (SSSR count). The van der Waals surface area contributed by atoms with E-state index in [1.807, 2.05) is 0 Å². The number of carbonyl (C=O) groups is 9. The zero-order valence-electron chi connectivity index (χ0n) is 44.6. The number of unbranched alkanes of at least 4 members (excludes halogenated alkanes) is 1. The number of aldehydes is 1. The van der Waals surface area contributed by atoms with Crippen molar-refractivity contribution in [2.24, 2.45) is 11.5 Å². The summed E-state index contributed by atoms with van der Waals surface area (Å²) in [7, 11) is 5.60. The van der Waals surface area contributed by atoms with E-state index < -0.39 is 95.7 Å². The first-order valence-corrected chi connectivity index (χ1v) is 28.6. The average molecular weight is 1160 g/mol. The number of halogens is 1. The van der Waals surface area contributed by atoms with E-state index in [-0.39, 0.29) is 67.1 Å². The van der Waals surface area contributed by atoms with Gasteiger partial charge >= 0.3 is 0 Å². The Morgan fingerprint density at radius 1 is 0.562 bits per heavy atom. The highest BCUT2D eigenvalue weighted by atomic mass is 35.5. The van der Waals surface area contributed by atoms with Crippen molar-refractivity contribution >= 4 is 86.7 Å². The van der Waals surface area contributed by atoms with Gasteiger partial charge in [0, 0.05) is 47.8 Å². The third-order valence-corrected chi connectivity index (χ3v) is 15.2. The number of aromatic hydroxyl groups is 2. The molecule has 0 aliphatic rings. The summed E-state index contributed by atoms with van der Waals surface area (Å²) in [6.45, 7) is 1.91. The van der Waals surface area contributed by atoms with E-state index in [2.05, 4.69) is 42.5 Å². The molecule has 0 bridgehead atoms. The number of likely N-dealkylation sites (N-methyl/N-ethyl adjacent to an activating group) is 1. The molecule has 0 fully saturated rings. The molecular weight excluding hydrogens is 1090 g/mol. The highest BCUT2D eigenvalue weighted by Crippen LogP contribution is 2.24. The lowest BCUT2D eigenvalue weighted by Gasteiger charge is -2.27. The Hall–Kier alpha value is -7.22. The molecule has 22 nitrogen and oxygen atoms in total. The van der Waals surface area contributed by atoms with Crippen LogP contribution in [-0.4, -0.2) is 149 Å². The van der Waals surface area contributed by atoms with Crippen LogP contribution >= 0.6 is 33.2 Å². The number of amides is 8. The Morgan fingerprint density at radius 2 is 1.00 bits per heavy atom. The Kier molecular flexibility index (Phi) is 27.8. The Bertz CT molecular complexity index is 2690. The molecule has 0 aromatic heterocycles. The lowest BCUT2D eigenvalue weighted by atomic mass is 10.0. The molecular formula is C55H71ClN10O12S2. The summed E-state index contributed by atoms with van der Waals surface area (Å²) in [4.78, 5) is 121. The monoisotopic (exact) mass is 1160 g/mol. The summed E-state index contributed by atoms with van der Waals surface area (Å²) in [5, 5.41) is 52.4. The highest BCUT2D eigenvalue weighted by Gasteiger charge is 2.33. The summed E-state index contributed by atoms with van der Waals surface area (Å²) >= 11 is 6.07. The number of rotatable bonds is 35. The topological polar surface area (TPSA) is 363 Å². The van der Waals surface area contributed by atoms with Gasteiger partial charge in [-0.15, -0.1) is 0 Å². The van der Waals surface area contributed by atoms with Crippen molar-refractivity contribution in [2.45, 2.75) is 107 Å². The van der Waals surface area contributed by atoms with Gasteiger partial charge in [-0.1, -0.05) is 81.7 Å². The summed E-state index contributed by atoms with van der Waals surface area (Å²) < 4.78 is 0. The van der Waals surface area contributed by atoms with Crippen molar-refractivity contribution in [3.05, 3.63) is 130 Å². The van der Waals surface area contributed by atoms with Gasteiger partial charge in [-0.25, -0.2) is 0 Å². The minimum absolute atomic E-state index is 0.0246. The van der Waals surface area contributed by atoms with E-state index in [0.29, 0.717) is 47.4 Å². The van der Waals surface area contributed by atoms with Crippen LogP contribution in [0.4, 0.5) is 0 Å². The zero-order valence-corrected chi connectivity index (χ0v) is 47.0. The molecule has 0 heterocycles. The van der Waals surface area contributed by atoms with E-state index in [1.165, 1.54) is 78.4 Å². The van der Waals surface area contributed by atoms with Gasteiger partial charge in [0.1, 0.15) is 54.0 Å². The van der Waals surface area contributed by atoms with Crippen LogP contribution in [0, 0.1) is 0 Å². The number of nitrogens with two attached hydrogens (primary N) is 2. The highest BCUT2D eigenvalue weighted by molar-refractivity contribution is 8.76. The zero-order chi connectivity index (χ0) is 58.7. The van der Waals surface area contributed by atoms with Crippen LogP contribution in [0.1, 0.15) is 65.2 Å². The van der Waals surface area contributed by atoms with Crippen LogP contribution < -0.4 is 54.0 Å². The van der Waals surface area contributed by atoms with E-state index in [4.69, 9.17) is 23.1 Å². The number of phenolic OH excluding ortho intramolecular Hbond substituents is 2. The summed E-state index contributed by atoms with van der Waals surface area (Å²) in [5.41, 5.74) is 13.6. The average Bonchev–Trinajstić information content (AvgIpc) is 3.44. The Morgan fingerprint density at radius 3 is 1.48 bits per heavy atom. The largest absolute Gasteiger partial charge is 0.508 e. The minimum Gasteiger partial charge on any atom is -0.508 e. The molecule has 0 aliphatic heterocycles. The molecule has 432 valence electrons. The molecule has 2 unspecified atom stereocenters. The van der Waals surface area contributed by atoms with E-state index >= 15 is 0 Å². The van der Waals surface area contributed by atoms with Crippen LogP contribution in [0.3, 0.4) is 0 Å². The maximum Gasteiger partial charge on any atom is 0.248 e. The number of aliphatic hydroxyl groups is 1. The van der Waals surface area contributed by atoms with E-state index in [1.54, 1.807) is 50.5 Å². The van der Waals surface area contributed by atoms with Crippen molar-refractivity contribution < 1.29 is 58.5 Å². The van der Waals surface area contributed by atoms with Gasteiger partial charge in [-0.2, -0.15) is 0 Å². The van der Waals surface area contributed by atoms with Crippen molar-refractivity contribution in [1.29, 1.82) is 0 Å². The van der Waals surface area contributed by atoms with E-state index in [9.17, 15) is 58.5 Å². The molecule has 4 aromatic rings. The van der Waals surface area contributed by atoms with Crippen molar-refractivity contribution in [3.63, 3.8) is 0 Å². The quantitative estimate of drug-likeness (QED) is 0.0172. The second-order valence-electron chi connectivity index (χ2n) is 18.8. The third kappa shape index (κ3) is 22.9. The number of carbonyl (C=O) groups excluding carboxylic acids is 9. The van der Waals surface area contributed by atoms with E-state index in [0.717, 1.165) is 16.4 Å². The fourth-order valence-corrected chi connectivity index (χ4v) is 10.4. The first kappa shape index (κ1) is 65.3. The lowest BCUT2D eigenvalue weighted by molar-refractivity contribution is -0.134. The van der Waals surface area contributed by atoms with Crippen LogP contribution in [0.5, 0.6) is 11.5 Å². The van der Waals surface area contributed by atoms with Gasteiger partial charge in [0.05, 0.1) is 12.1 Å². The van der Waals surface area contributed by atoms with Gasteiger partial charge in [-0.05, 0) is 124 Å². The Labute approximate surface area is 477 Å². The van der Waals surface area contributed by atoms with Crippen LogP contribution in [-0.2, 0) is 64.0 Å². The fraction of sp³-hybridized carbons (Fsp3) is 0.400. The number of hydrogen-bond donors (Lipinski definition) is 13. The molecule has 15 N–H and O–H groups in total. The van der Waals surface area contributed by atoms with Crippen molar-refractivity contribution in [1.82, 2.24) is 42.5 Å². The number of phenols is 2. The number of primary amides is 2. The second-order valence-corrected chi connectivity index (χ2v) is 21.8. The smallest absolute Gasteiger partial charge is 0.248 e. The number of benzene rings is 4. The van der Waals surface area contributed by atoms with Gasteiger partial charge in [0.15, 0.2) is 0 Å².